The van der Waals surface area contributed by atoms with E-state index in [0.717, 1.165) is 60.4 Å². The molecular formula is C33H56ClN5O4Si2. The summed E-state index contributed by atoms with van der Waals surface area (Å²) in [5.41, 5.74) is 9.17. The van der Waals surface area contributed by atoms with Crippen molar-refractivity contribution < 1.29 is 19.0 Å². The van der Waals surface area contributed by atoms with E-state index in [2.05, 4.69) is 60.6 Å². The molecule has 1 aromatic rings. The molecule has 1 fully saturated rings. The first-order valence-electron chi connectivity index (χ1n) is 16.5. The SMILES string of the molecule is CCOC(=O)CC1CCC(C2=CC(N(COCC[Si](C)(C)C)COCC[Si](C)(C)C)=N/C(=C(\CN)c3ccc(Cl)nc3)N2)CC1. The molecule has 0 bridgehead atoms. The van der Waals surface area contributed by atoms with Crippen LogP contribution in [0, 0.1) is 11.8 Å². The molecule has 45 heavy (non-hydrogen) atoms. The molecule has 1 aromatic heterocycles. The average Bonchev–Trinajstić information content (AvgIpc) is 2.97. The molecule has 3 rings (SSSR count). The van der Waals surface area contributed by atoms with Gasteiger partial charge in [-0.25, -0.2) is 9.98 Å². The Bertz CT molecular complexity index is 1160. The van der Waals surface area contributed by atoms with Crippen LogP contribution in [0.3, 0.4) is 0 Å². The van der Waals surface area contributed by atoms with Gasteiger partial charge in [0.15, 0.2) is 0 Å². The van der Waals surface area contributed by atoms with Crippen molar-refractivity contribution in [2.45, 2.75) is 90.4 Å². The minimum atomic E-state index is -1.24. The predicted octanol–water partition coefficient (Wildman–Crippen LogP) is 6.93. The largest absolute Gasteiger partial charge is 0.466 e. The molecule has 252 valence electrons. The summed E-state index contributed by atoms with van der Waals surface area (Å²) in [4.78, 5) is 23.6. The second-order valence-electron chi connectivity index (χ2n) is 14.6. The van der Waals surface area contributed by atoms with Crippen molar-refractivity contribution in [1.29, 1.82) is 0 Å². The number of aliphatic imine (C=N–C) groups is 1. The first-order valence-corrected chi connectivity index (χ1v) is 24.3. The number of hydrogen-bond donors (Lipinski definition) is 2. The van der Waals surface area contributed by atoms with Crippen LogP contribution in [-0.4, -0.2) is 77.7 Å². The van der Waals surface area contributed by atoms with Gasteiger partial charge in [-0.2, -0.15) is 0 Å². The van der Waals surface area contributed by atoms with Crippen LogP contribution in [0.1, 0.15) is 44.6 Å². The summed E-state index contributed by atoms with van der Waals surface area (Å²) >= 11 is 6.10. The quantitative estimate of drug-likeness (QED) is 0.0637. The number of ether oxygens (including phenoxy) is 3. The number of esters is 1. The smallest absolute Gasteiger partial charge is 0.306 e. The lowest BCUT2D eigenvalue weighted by atomic mass is 9.79. The molecule has 1 aliphatic heterocycles. The molecule has 3 N–H and O–H groups in total. The van der Waals surface area contributed by atoms with Gasteiger partial charge in [0.25, 0.3) is 0 Å². The van der Waals surface area contributed by atoms with E-state index >= 15 is 0 Å². The number of nitrogens with zero attached hydrogens (tertiary/aromatic N) is 3. The molecule has 1 saturated carbocycles. The molecule has 0 saturated heterocycles. The molecule has 9 nitrogen and oxygen atoms in total. The number of rotatable bonds is 16. The Morgan fingerprint density at radius 2 is 1.64 bits per heavy atom. The van der Waals surface area contributed by atoms with Crippen molar-refractivity contribution in [2.75, 3.05) is 39.8 Å². The van der Waals surface area contributed by atoms with Crippen molar-refractivity contribution in [1.82, 2.24) is 15.2 Å². The maximum Gasteiger partial charge on any atom is 0.306 e. The Kier molecular flexibility index (Phi) is 14.8. The number of amidine groups is 1. The highest BCUT2D eigenvalue weighted by atomic mass is 35.5. The topological polar surface area (TPSA) is 111 Å². The second kappa shape index (κ2) is 17.8. The Labute approximate surface area is 278 Å². The maximum atomic E-state index is 12.1. The lowest BCUT2D eigenvalue weighted by Gasteiger charge is -2.34. The lowest BCUT2D eigenvalue weighted by Crippen LogP contribution is -2.39. The van der Waals surface area contributed by atoms with Crippen LogP contribution in [0.25, 0.3) is 5.57 Å². The molecule has 0 unspecified atom stereocenters. The molecule has 0 atom stereocenters. The normalized spacial score (nSPS) is 20.2. The summed E-state index contributed by atoms with van der Waals surface area (Å²) in [5, 5.41) is 4.07. The zero-order valence-corrected chi connectivity index (χ0v) is 31.3. The Balaban J connectivity index is 1.91. The van der Waals surface area contributed by atoms with Gasteiger partial charge in [-0.3, -0.25) is 4.79 Å². The monoisotopic (exact) mass is 677 g/mol. The first kappa shape index (κ1) is 37.4. The Hall–Kier alpha value is -2.03. The molecule has 0 aromatic carbocycles. The number of carbonyl (C=O) groups excluding carboxylic acids is 1. The molecular weight excluding hydrogens is 622 g/mol. The van der Waals surface area contributed by atoms with Gasteiger partial charge in [-0.05, 0) is 68.7 Å². The third-order valence-corrected chi connectivity index (χ3v) is 11.8. The number of hydrogen-bond acceptors (Lipinski definition) is 9. The second-order valence-corrected chi connectivity index (χ2v) is 26.2. The molecule has 0 spiro atoms. The van der Waals surface area contributed by atoms with Crippen molar-refractivity contribution in [3.8, 4) is 0 Å². The minimum absolute atomic E-state index is 0.0985. The van der Waals surface area contributed by atoms with Crippen molar-refractivity contribution in [2.24, 2.45) is 22.6 Å². The van der Waals surface area contributed by atoms with E-state index in [9.17, 15) is 4.79 Å². The van der Waals surface area contributed by atoms with E-state index in [1.54, 1.807) is 12.3 Å². The maximum absolute atomic E-state index is 12.1. The summed E-state index contributed by atoms with van der Waals surface area (Å²) in [5.74, 6) is 2.05. The number of allylic oxidation sites excluding steroid dienone is 1. The van der Waals surface area contributed by atoms with Gasteiger partial charge >= 0.3 is 5.97 Å². The Morgan fingerprint density at radius 1 is 1.02 bits per heavy atom. The van der Waals surface area contributed by atoms with Crippen LogP contribution in [0.2, 0.25) is 56.5 Å². The number of aromatic nitrogens is 1. The van der Waals surface area contributed by atoms with Gasteiger partial charge < -0.3 is 30.2 Å². The van der Waals surface area contributed by atoms with Gasteiger partial charge in [0, 0.05) is 71.4 Å². The van der Waals surface area contributed by atoms with Gasteiger partial charge in [-0.1, -0.05) is 50.9 Å². The minimum Gasteiger partial charge on any atom is -0.466 e. The predicted molar refractivity (Wildman–Crippen MR) is 190 cm³/mol. The summed E-state index contributed by atoms with van der Waals surface area (Å²) in [7, 11) is -2.47. The zero-order valence-electron chi connectivity index (χ0n) is 28.6. The number of pyridine rings is 1. The van der Waals surface area contributed by atoms with Crippen LogP contribution in [0.5, 0.6) is 0 Å². The van der Waals surface area contributed by atoms with E-state index in [1.165, 1.54) is 0 Å². The summed E-state index contributed by atoms with van der Waals surface area (Å²) in [6.07, 6.45) is 8.28. The summed E-state index contributed by atoms with van der Waals surface area (Å²) in [6.45, 7) is 18.9. The average molecular weight is 678 g/mol. The van der Waals surface area contributed by atoms with Gasteiger partial charge in [0.1, 0.15) is 30.3 Å². The third-order valence-electron chi connectivity index (χ3n) is 8.20. The number of halogens is 1. The lowest BCUT2D eigenvalue weighted by molar-refractivity contribution is -0.144. The van der Waals surface area contributed by atoms with E-state index in [0.29, 0.717) is 62.5 Å². The highest BCUT2D eigenvalue weighted by Crippen LogP contribution is 2.36. The van der Waals surface area contributed by atoms with Crippen molar-refractivity contribution in [3.05, 3.63) is 46.6 Å². The summed E-state index contributed by atoms with van der Waals surface area (Å²) < 4.78 is 17.7. The molecule has 12 heteroatoms. The number of carbonyl (C=O) groups is 1. The van der Waals surface area contributed by atoms with Gasteiger partial charge in [-0.15, -0.1) is 0 Å². The van der Waals surface area contributed by atoms with Crippen LogP contribution in [0.15, 0.2) is 40.9 Å². The fourth-order valence-corrected chi connectivity index (χ4v) is 6.95. The van der Waals surface area contributed by atoms with Gasteiger partial charge in [0.2, 0.25) is 0 Å². The molecule has 0 amide bonds. The Morgan fingerprint density at radius 3 is 2.16 bits per heavy atom. The zero-order chi connectivity index (χ0) is 33.0. The summed E-state index contributed by atoms with van der Waals surface area (Å²) in [6, 6.07) is 5.88. The van der Waals surface area contributed by atoms with E-state index in [4.69, 9.17) is 36.5 Å². The van der Waals surface area contributed by atoms with E-state index in [1.807, 2.05) is 13.0 Å². The molecule has 2 aliphatic rings. The van der Waals surface area contributed by atoms with Crippen molar-refractivity contribution in [3.63, 3.8) is 0 Å². The van der Waals surface area contributed by atoms with Gasteiger partial charge in [0.05, 0.1) is 6.61 Å². The fourth-order valence-electron chi connectivity index (χ4n) is 5.33. The van der Waals surface area contributed by atoms with Crippen LogP contribution < -0.4 is 11.1 Å². The highest BCUT2D eigenvalue weighted by molar-refractivity contribution is 6.76. The van der Waals surface area contributed by atoms with Crippen LogP contribution >= 0.6 is 11.6 Å². The highest BCUT2D eigenvalue weighted by Gasteiger charge is 2.29. The number of nitrogens with two attached hydrogens (primary N) is 1. The number of nitrogens with one attached hydrogen (secondary N) is 1. The molecule has 0 radical (unpaired) electrons. The molecule has 1 aliphatic carbocycles. The van der Waals surface area contributed by atoms with Crippen molar-refractivity contribution >= 4 is 45.1 Å². The molecule has 2 heterocycles. The van der Waals surface area contributed by atoms with Crippen LogP contribution in [-0.2, 0) is 19.0 Å². The fraction of sp³-hybridized carbons (Fsp3) is 0.667. The standard InChI is InChI=1S/C33H56ClN5O4Si2/c1-8-43-32(40)19-25-9-11-26(12-10-25)29-20-31(38-33(37-29)28(21-35)27-13-14-30(34)36-22-27)39(23-41-15-17-44(2,3)4)24-42-16-18-45(5,6)7/h13-14,20,22,25-26,37H,8-12,15-19,21,23-24,35H2,1-7H3/b33-28+. The van der Waals surface area contributed by atoms with E-state index < -0.39 is 16.1 Å². The van der Waals surface area contributed by atoms with Crippen LogP contribution in [0.4, 0.5) is 0 Å². The van der Waals surface area contributed by atoms with E-state index in [-0.39, 0.29) is 12.5 Å². The third kappa shape index (κ3) is 13.3. The first-order chi connectivity index (χ1) is 21.3.